The maximum Gasteiger partial charge on any atom is 0.229 e. The van der Waals surface area contributed by atoms with Crippen molar-refractivity contribution in [1.29, 1.82) is 0 Å². The molecule has 0 aromatic rings. The molecule has 0 radical (unpaired) electrons. The van der Waals surface area contributed by atoms with Gasteiger partial charge in [0, 0.05) is 32.1 Å². The minimum Gasteiger partial charge on any atom is -0.378 e. The van der Waals surface area contributed by atoms with Gasteiger partial charge in [-0.3, -0.25) is 4.79 Å². The van der Waals surface area contributed by atoms with E-state index in [0.717, 1.165) is 45.6 Å². The highest BCUT2D eigenvalue weighted by atomic mass is 16.5. The highest BCUT2D eigenvalue weighted by Crippen LogP contribution is 2.49. The second-order valence-electron chi connectivity index (χ2n) is 7.58. The van der Waals surface area contributed by atoms with E-state index in [9.17, 15) is 4.79 Å². The number of hydrogen-bond donors (Lipinski definition) is 0. The van der Waals surface area contributed by atoms with Gasteiger partial charge in [0.05, 0.1) is 18.1 Å². The van der Waals surface area contributed by atoms with Crippen LogP contribution in [0.5, 0.6) is 0 Å². The summed E-state index contributed by atoms with van der Waals surface area (Å²) in [4.78, 5) is 16.8. The summed E-state index contributed by atoms with van der Waals surface area (Å²) in [5, 5.41) is 0. The van der Waals surface area contributed by atoms with Gasteiger partial charge < -0.3 is 14.5 Å². The van der Waals surface area contributed by atoms with Crippen LogP contribution in [0, 0.1) is 10.8 Å². The molecule has 114 valence electrons. The second kappa shape index (κ2) is 4.99. The van der Waals surface area contributed by atoms with Gasteiger partial charge in [-0.1, -0.05) is 0 Å². The van der Waals surface area contributed by atoms with E-state index in [1.54, 1.807) is 0 Å². The Morgan fingerprint density at radius 1 is 1.20 bits per heavy atom. The van der Waals surface area contributed by atoms with Crippen molar-refractivity contribution in [3.8, 4) is 0 Å². The molecule has 1 amide bonds. The van der Waals surface area contributed by atoms with Gasteiger partial charge in [-0.05, 0) is 46.1 Å². The Bertz CT molecular complexity index is 392. The van der Waals surface area contributed by atoms with Crippen molar-refractivity contribution in [3.05, 3.63) is 0 Å². The van der Waals surface area contributed by atoms with Gasteiger partial charge in [0.25, 0.3) is 0 Å². The van der Waals surface area contributed by atoms with E-state index in [-0.39, 0.29) is 5.41 Å². The Hall–Kier alpha value is -0.610. The van der Waals surface area contributed by atoms with Crippen LogP contribution in [0.1, 0.15) is 39.5 Å². The summed E-state index contributed by atoms with van der Waals surface area (Å²) in [5.74, 6) is 0.378. The van der Waals surface area contributed by atoms with Gasteiger partial charge in [-0.2, -0.15) is 0 Å². The molecule has 0 aromatic heterocycles. The lowest BCUT2D eigenvalue weighted by atomic mass is 9.85. The quantitative estimate of drug-likeness (QED) is 0.769. The van der Waals surface area contributed by atoms with Crippen LogP contribution in [0.2, 0.25) is 0 Å². The molecule has 1 atom stereocenters. The molecule has 1 saturated carbocycles. The predicted molar refractivity (Wildman–Crippen MR) is 78.5 cm³/mol. The van der Waals surface area contributed by atoms with E-state index < -0.39 is 0 Å². The molecule has 0 bridgehead atoms. The van der Waals surface area contributed by atoms with E-state index in [4.69, 9.17) is 4.74 Å². The largest absolute Gasteiger partial charge is 0.378 e. The molecule has 2 aliphatic heterocycles. The number of rotatable bonds is 5. The molecular formula is C16H28N2O2. The molecule has 0 aromatic carbocycles. The SMILES string of the molecule is CC(C)OCC1(CN2CCC3(CCN(C)C3=O)C2)CC1. The molecule has 4 nitrogen and oxygen atoms in total. The minimum atomic E-state index is -0.0519. The van der Waals surface area contributed by atoms with Crippen LogP contribution in [-0.4, -0.2) is 61.6 Å². The summed E-state index contributed by atoms with van der Waals surface area (Å²) in [5.41, 5.74) is 0.340. The molecule has 1 spiro atoms. The number of nitrogens with zero attached hydrogens (tertiary/aromatic N) is 2. The van der Waals surface area contributed by atoms with Gasteiger partial charge in [-0.25, -0.2) is 0 Å². The Balaban J connectivity index is 1.55. The fraction of sp³-hybridized carbons (Fsp3) is 0.938. The van der Waals surface area contributed by atoms with Crippen LogP contribution in [0.3, 0.4) is 0 Å². The fourth-order valence-corrected chi connectivity index (χ4v) is 3.81. The number of carbonyl (C=O) groups is 1. The Labute approximate surface area is 122 Å². The van der Waals surface area contributed by atoms with E-state index >= 15 is 0 Å². The van der Waals surface area contributed by atoms with Gasteiger partial charge in [0.1, 0.15) is 0 Å². The molecule has 2 heterocycles. The highest BCUT2D eigenvalue weighted by Gasteiger charge is 2.52. The molecule has 3 aliphatic rings. The third-order valence-corrected chi connectivity index (χ3v) is 5.40. The molecule has 3 rings (SSSR count). The molecular weight excluding hydrogens is 252 g/mol. The summed E-state index contributed by atoms with van der Waals surface area (Å²) in [6.45, 7) is 9.22. The minimum absolute atomic E-state index is 0.0519. The molecule has 0 N–H and O–H groups in total. The second-order valence-corrected chi connectivity index (χ2v) is 7.58. The topological polar surface area (TPSA) is 32.8 Å². The predicted octanol–water partition coefficient (Wildman–Crippen LogP) is 1.75. The van der Waals surface area contributed by atoms with Crippen molar-refractivity contribution in [2.75, 3.05) is 39.8 Å². The van der Waals surface area contributed by atoms with Crippen LogP contribution >= 0.6 is 0 Å². The lowest BCUT2D eigenvalue weighted by molar-refractivity contribution is -0.134. The number of carbonyl (C=O) groups excluding carboxylic acids is 1. The average molecular weight is 280 g/mol. The molecule has 4 heteroatoms. The maximum absolute atomic E-state index is 12.3. The Kier molecular flexibility index (Phi) is 3.57. The van der Waals surface area contributed by atoms with Crippen LogP contribution in [0.25, 0.3) is 0 Å². The summed E-state index contributed by atoms with van der Waals surface area (Å²) < 4.78 is 5.83. The first kappa shape index (κ1) is 14.3. The van der Waals surface area contributed by atoms with Crippen molar-refractivity contribution in [2.45, 2.75) is 45.6 Å². The average Bonchev–Trinajstić information content (AvgIpc) is 2.97. The van der Waals surface area contributed by atoms with Gasteiger partial charge in [0.15, 0.2) is 0 Å². The van der Waals surface area contributed by atoms with E-state index in [0.29, 0.717) is 17.4 Å². The molecule has 2 saturated heterocycles. The van der Waals surface area contributed by atoms with Crippen LogP contribution in [0.4, 0.5) is 0 Å². The van der Waals surface area contributed by atoms with Gasteiger partial charge >= 0.3 is 0 Å². The van der Waals surface area contributed by atoms with Crippen LogP contribution < -0.4 is 0 Å². The lowest BCUT2D eigenvalue weighted by Crippen LogP contribution is -2.37. The molecule has 1 unspecified atom stereocenters. The monoisotopic (exact) mass is 280 g/mol. The van der Waals surface area contributed by atoms with E-state index in [1.165, 1.54) is 12.8 Å². The molecule has 1 aliphatic carbocycles. The zero-order valence-corrected chi connectivity index (χ0v) is 13.2. The number of likely N-dealkylation sites (tertiary alicyclic amines) is 2. The Morgan fingerprint density at radius 2 is 1.90 bits per heavy atom. The van der Waals surface area contributed by atoms with E-state index in [1.807, 2.05) is 11.9 Å². The highest BCUT2D eigenvalue weighted by molar-refractivity contribution is 5.85. The smallest absolute Gasteiger partial charge is 0.229 e. The first-order valence-corrected chi connectivity index (χ1v) is 8.04. The summed E-state index contributed by atoms with van der Waals surface area (Å²) in [7, 11) is 1.94. The zero-order chi connectivity index (χ0) is 14.4. The third kappa shape index (κ3) is 2.60. The van der Waals surface area contributed by atoms with Crippen molar-refractivity contribution in [1.82, 2.24) is 9.80 Å². The van der Waals surface area contributed by atoms with Crippen molar-refractivity contribution in [2.24, 2.45) is 10.8 Å². The summed E-state index contributed by atoms with van der Waals surface area (Å²) >= 11 is 0. The standard InChI is InChI=1S/C16H28N2O2/c1-13(2)20-12-15(4-5-15)10-18-9-7-16(11-18)6-8-17(3)14(16)19/h13H,4-12H2,1-3H3. The third-order valence-electron chi connectivity index (χ3n) is 5.40. The number of amides is 1. The fourth-order valence-electron chi connectivity index (χ4n) is 3.81. The maximum atomic E-state index is 12.3. The van der Waals surface area contributed by atoms with Gasteiger partial charge in [0.2, 0.25) is 5.91 Å². The van der Waals surface area contributed by atoms with Crippen molar-refractivity contribution < 1.29 is 9.53 Å². The van der Waals surface area contributed by atoms with Crippen molar-refractivity contribution in [3.63, 3.8) is 0 Å². The molecule has 3 fully saturated rings. The van der Waals surface area contributed by atoms with Gasteiger partial charge in [-0.15, -0.1) is 0 Å². The van der Waals surface area contributed by atoms with Crippen LogP contribution in [0.15, 0.2) is 0 Å². The summed E-state index contributed by atoms with van der Waals surface area (Å²) in [6.07, 6.45) is 5.00. The first-order valence-electron chi connectivity index (χ1n) is 8.04. The molecule has 20 heavy (non-hydrogen) atoms. The summed E-state index contributed by atoms with van der Waals surface area (Å²) in [6, 6.07) is 0. The Morgan fingerprint density at radius 3 is 2.45 bits per heavy atom. The lowest BCUT2D eigenvalue weighted by Gasteiger charge is -2.26. The number of hydrogen-bond acceptors (Lipinski definition) is 3. The van der Waals surface area contributed by atoms with Crippen LogP contribution in [-0.2, 0) is 9.53 Å². The zero-order valence-electron chi connectivity index (χ0n) is 13.2. The van der Waals surface area contributed by atoms with E-state index in [2.05, 4.69) is 18.7 Å². The van der Waals surface area contributed by atoms with Crippen molar-refractivity contribution >= 4 is 5.91 Å². The first-order chi connectivity index (χ1) is 9.45. The number of ether oxygens (including phenoxy) is 1. The normalized spacial score (nSPS) is 32.8.